The Labute approximate surface area is 112 Å². The number of pyridine rings is 1. The zero-order valence-electron chi connectivity index (χ0n) is 10.9. The van der Waals surface area contributed by atoms with Crippen LogP contribution in [0.25, 0.3) is 0 Å². The molecular formula is C15H15N3O. The normalized spacial score (nSPS) is 11.2. The Balaban J connectivity index is 2.08. The van der Waals surface area contributed by atoms with Crippen LogP contribution >= 0.6 is 0 Å². The quantitative estimate of drug-likeness (QED) is 0.675. The van der Waals surface area contributed by atoms with Crippen LogP contribution in [0.5, 0.6) is 0 Å². The number of nitrogens with one attached hydrogen (secondary N) is 1. The third-order valence-electron chi connectivity index (χ3n) is 2.64. The summed E-state index contributed by atoms with van der Waals surface area (Å²) in [5, 5.41) is 4.08. The number of aromatic nitrogens is 1. The highest BCUT2D eigenvalue weighted by atomic mass is 16.2. The van der Waals surface area contributed by atoms with Crippen molar-refractivity contribution in [3.8, 4) is 0 Å². The van der Waals surface area contributed by atoms with Gasteiger partial charge in [-0.05, 0) is 31.5 Å². The average Bonchev–Trinajstić information content (AvgIpc) is 2.45. The Morgan fingerprint density at radius 2 is 1.84 bits per heavy atom. The molecule has 2 aromatic rings. The summed E-state index contributed by atoms with van der Waals surface area (Å²) in [4.78, 5) is 16.0. The van der Waals surface area contributed by atoms with Crippen molar-refractivity contribution < 1.29 is 4.79 Å². The molecule has 0 radical (unpaired) electrons. The monoisotopic (exact) mass is 253 g/mol. The lowest BCUT2D eigenvalue weighted by Gasteiger charge is -2.03. The number of carbonyl (C=O) groups excluding carboxylic acids is 1. The van der Waals surface area contributed by atoms with E-state index in [1.54, 1.807) is 12.1 Å². The Morgan fingerprint density at radius 1 is 1.11 bits per heavy atom. The van der Waals surface area contributed by atoms with Crippen molar-refractivity contribution in [2.24, 2.45) is 5.10 Å². The summed E-state index contributed by atoms with van der Waals surface area (Å²) in [6, 6.07) is 15.0. The van der Waals surface area contributed by atoms with Crippen molar-refractivity contribution in [1.82, 2.24) is 10.4 Å². The second-order valence-electron chi connectivity index (χ2n) is 4.17. The van der Waals surface area contributed by atoms with Crippen LogP contribution in [0.4, 0.5) is 0 Å². The topological polar surface area (TPSA) is 54.4 Å². The van der Waals surface area contributed by atoms with Crippen LogP contribution in [0.2, 0.25) is 0 Å². The van der Waals surface area contributed by atoms with E-state index in [1.807, 2.05) is 50.2 Å². The molecule has 4 heteroatoms. The van der Waals surface area contributed by atoms with E-state index in [0.29, 0.717) is 5.69 Å². The first-order valence-corrected chi connectivity index (χ1v) is 6.00. The van der Waals surface area contributed by atoms with Crippen molar-refractivity contribution in [1.29, 1.82) is 0 Å². The predicted molar refractivity (Wildman–Crippen MR) is 75.1 cm³/mol. The summed E-state index contributed by atoms with van der Waals surface area (Å²) in [5.74, 6) is -0.306. The van der Waals surface area contributed by atoms with Crippen molar-refractivity contribution in [2.75, 3.05) is 0 Å². The largest absolute Gasteiger partial charge is 0.289 e. The van der Waals surface area contributed by atoms with Gasteiger partial charge in [0.05, 0.1) is 5.71 Å². The number of amides is 1. The van der Waals surface area contributed by atoms with E-state index >= 15 is 0 Å². The van der Waals surface area contributed by atoms with E-state index in [9.17, 15) is 4.79 Å². The fourth-order valence-electron chi connectivity index (χ4n) is 1.61. The molecule has 96 valence electrons. The highest BCUT2D eigenvalue weighted by molar-refractivity contribution is 6.00. The standard InChI is InChI=1S/C15H15N3O/c1-11-7-6-10-14(16-11)15(19)18-17-12(2)13-8-4-3-5-9-13/h3-10H,1-2H3,(H,18,19). The number of nitrogens with zero attached hydrogens (tertiary/aromatic N) is 2. The van der Waals surface area contributed by atoms with Gasteiger partial charge in [0.15, 0.2) is 0 Å². The minimum absolute atomic E-state index is 0.306. The van der Waals surface area contributed by atoms with Crippen molar-refractivity contribution in [3.63, 3.8) is 0 Å². The van der Waals surface area contributed by atoms with Gasteiger partial charge in [0, 0.05) is 5.69 Å². The molecule has 1 amide bonds. The van der Waals surface area contributed by atoms with E-state index in [4.69, 9.17) is 0 Å². The molecule has 0 saturated heterocycles. The van der Waals surface area contributed by atoms with Crippen LogP contribution in [0.1, 0.15) is 28.7 Å². The van der Waals surface area contributed by atoms with E-state index in [2.05, 4.69) is 15.5 Å². The fraction of sp³-hybridized carbons (Fsp3) is 0.133. The summed E-state index contributed by atoms with van der Waals surface area (Å²) >= 11 is 0. The molecule has 0 spiro atoms. The van der Waals surface area contributed by atoms with E-state index in [1.165, 1.54) is 0 Å². The van der Waals surface area contributed by atoms with Gasteiger partial charge in [-0.3, -0.25) is 4.79 Å². The molecule has 0 bridgehead atoms. The van der Waals surface area contributed by atoms with Crippen LogP contribution in [-0.2, 0) is 0 Å². The SMILES string of the molecule is CC(=NNC(=O)c1cccc(C)n1)c1ccccc1. The van der Waals surface area contributed by atoms with Crippen molar-refractivity contribution in [2.45, 2.75) is 13.8 Å². The number of hydrogen-bond acceptors (Lipinski definition) is 3. The van der Waals surface area contributed by atoms with E-state index in [0.717, 1.165) is 17.0 Å². The number of aryl methyl sites for hydroxylation is 1. The summed E-state index contributed by atoms with van der Waals surface area (Å²) in [6.07, 6.45) is 0. The molecule has 1 heterocycles. The molecule has 2 rings (SSSR count). The Bertz CT molecular complexity index is 606. The van der Waals surface area contributed by atoms with Gasteiger partial charge in [0.1, 0.15) is 5.69 Å². The highest BCUT2D eigenvalue weighted by Crippen LogP contribution is 2.01. The number of benzene rings is 1. The molecule has 0 fully saturated rings. The minimum atomic E-state index is -0.306. The minimum Gasteiger partial charge on any atom is -0.266 e. The first-order chi connectivity index (χ1) is 9.16. The van der Waals surface area contributed by atoms with Crippen LogP contribution in [-0.4, -0.2) is 16.6 Å². The Morgan fingerprint density at radius 3 is 2.53 bits per heavy atom. The molecule has 1 N–H and O–H groups in total. The lowest BCUT2D eigenvalue weighted by molar-refractivity contribution is 0.0949. The molecule has 0 saturated carbocycles. The van der Waals surface area contributed by atoms with Crippen LogP contribution in [0.15, 0.2) is 53.6 Å². The number of hydrogen-bond donors (Lipinski definition) is 1. The average molecular weight is 253 g/mol. The third-order valence-corrected chi connectivity index (χ3v) is 2.64. The predicted octanol–water partition coefficient (Wildman–Crippen LogP) is 2.54. The van der Waals surface area contributed by atoms with E-state index in [-0.39, 0.29) is 5.91 Å². The van der Waals surface area contributed by atoms with Crippen LogP contribution in [0.3, 0.4) is 0 Å². The van der Waals surface area contributed by atoms with Gasteiger partial charge in [-0.15, -0.1) is 0 Å². The van der Waals surface area contributed by atoms with Crippen molar-refractivity contribution >= 4 is 11.6 Å². The third kappa shape index (κ3) is 3.48. The van der Waals surface area contributed by atoms with Gasteiger partial charge in [-0.25, -0.2) is 10.4 Å². The molecule has 0 aliphatic carbocycles. The van der Waals surface area contributed by atoms with Crippen LogP contribution < -0.4 is 5.43 Å². The molecule has 1 aromatic carbocycles. The Kier molecular flexibility index (Phi) is 4.03. The number of rotatable bonds is 3. The summed E-state index contributed by atoms with van der Waals surface area (Å²) in [6.45, 7) is 3.69. The van der Waals surface area contributed by atoms with Gasteiger partial charge in [-0.1, -0.05) is 36.4 Å². The molecule has 0 aliphatic rings. The first kappa shape index (κ1) is 13.0. The zero-order chi connectivity index (χ0) is 13.7. The number of hydrazone groups is 1. The maximum atomic E-state index is 11.9. The second-order valence-corrected chi connectivity index (χ2v) is 4.17. The zero-order valence-corrected chi connectivity index (χ0v) is 10.9. The van der Waals surface area contributed by atoms with Gasteiger partial charge in [0.2, 0.25) is 0 Å². The molecule has 4 nitrogen and oxygen atoms in total. The summed E-state index contributed by atoms with van der Waals surface area (Å²) < 4.78 is 0. The summed E-state index contributed by atoms with van der Waals surface area (Å²) in [5.41, 5.74) is 5.40. The molecule has 0 unspecified atom stereocenters. The van der Waals surface area contributed by atoms with E-state index < -0.39 is 0 Å². The highest BCUT2D eigenvalue weighted by Gasteiger charge is 2.06. The van der Waals surface area contributed by atoms with Gasteiger partial charge >= 0.3 is 0 Å². The summed E-state index contributed by atoms with van der Waals surface area (Å²) in [7, 11) is 0. The van der Waals surface area contributed by atoms with Crippen LogP contribution in [0, 0.1) is 6.92 Å². The molecule has 1 aromatic heterocycles. The van der Waals surface area contributed by atoms with Crippen molar-refractivity contribution in [3.05, 3.63) is 65.5 Å². The molecule has 0 atom stereocenters. The Hall–Kier alpha value is -2.49. The van der Waals surface area contributed by atoms with Gasteiger partial charge < -0.3 is 0 Å². The lowest BCUT2D eigenvalue weighted by atomic mass is 10.1. The smallest absolute Gasteiger partial charge is 0.266 e. The molecular weight excluding hydrogens is 238 g/mol. The maximum absolute atomic E-state index is 11.9. The second kappa shape index (κ2) is 5.91. The first-order valence-electron chi connectivity index (χ1n) is 6.00. The fourth-order valence-corrected chi connectivity index (χ4v) is 1.61. The molecule has 19 heavy (non-hydrogen) atoms. The molecule has 0 aliphatic heterocycles. The van der Waals surface area contributed by atoms with Gasteiger partial charge in [-0.2, -0.15) is 5.10 Å². The lowest BCUT2D eigenvalue weighted by Crippen LogP contribution is -2.20. The van der Waals surface area contributed by atoms with Gasteiger partial charge in [0.25, 0.3) is 5.91 Å². The maximum Gasteiger partial charge on any atom is 0.289 e. The number of carbonyl (C=O) groups is 1.